The molecular weight excluding hydrogens is 617 g/mol. The lowest BCUT2D eigenvalue weighted by molar-refractivity contribution is 0.744. The molecule has 2 heterocycles. The van der Waals surface area contributed by atoms with Gasteiger partial charge in [-0.3, -0.25) is 0 Å². The maximum Gasteiger partial charge on any atom is 0.0702 e. The fourth-order valence-electron chi connectivity index (χ4n) is 8.52. The highest BCUT2D eigenvalue weighted by atomic mass is 15.0. The van der Waals surface area contributed by atoms with E-state index in [1.54, 1.807) is 0 Å². The summed E-state index contributed by atoms with van der Waals surface area (Å²) < 4.78 is 4.85. The molecule has 0 unspecified atom stereocenters. The van der Waals surface area contributed by atoms with Crippen LogP contribution in [-0.4, -0.2) is 9.13 Å². The van der Waals surface area contributed by atoms with Gasteiger partial charge >= 0.3 is 0 Å². The zero-order valence-corrected chi connectivity index (χ0v) is 28.0. The van der Waals surface area contributed by atoms with Crippen molar-refractivity contribution in [1.29, 1.82) is 0 Å². The molecule has 2 heteroatoms. The Kier molecular flexibility index (Phi) is 6.75. The lowest BCUT2D eigenvalue weighted by Crippen LogP contribution is -2.31. The summed E-state index contributed by atoms with van der Waals surface area (Å²) in [5.41, 5.74) is 11.5. The van der Waals surface area contributed by atoms with Crippen molar-refractivity contribution in [3.05, 3.63) is 229 Å². The molecule has 0 fully saturated rings. The molecule has 2 nitrogen and oxygen atoms in total. The Morgan fingerprint density at radius 1 is 0.255 bits per heavy atom. The van der Waals surface area contributed by atoms with E-state index in [1.165, 1.54) is 65.9 Å². The zero-order valence-electron chi connectivity index (χ0n) is 28.0. The number of fused-ring (bicyclic) bond motifs is 6. The van der Waals surface area contributed by atoms with E-state index in [1.807, 2.05) is 0 Å². The van der Waals surface area contributed by atoms with Gasteiger partial charge in [-0.25, -0.2) is 0 Å². The van der Waals surface area contributed by atoms with Crippen molar-refractivity contribution in [2.24, 2.45) is 0 Å². The van der Waals surface area contributed by atoms with E-state index in [4.69, 9.17) is 0 Å². The summed E-state index contributed by atoms with van der Waals surface area (Å²) in [6.07, 6.45) is 0. The van der Waals surface area contributed by atoms with Gasteiger partial charge in [-0.05, 0) is 70.8 Å². The Morgan fingerprint density at radius 2 is 0.627 bits per heavy atom. The number of aromatic nitrogens is 2. The molecule has 0 saturated heterocycles. The Hall–Kier alpha value is -6.64. The molecule has 0 aliphatic rings. The highest BCUT2D eigenvalue weighted by Crippen LogP contribution is 2.46. The summed E-state index contributed by atoms with van der Waals surface area (Å²) in [6, 6.07) is 75.2. The largest absolute Gasteiger partial charge is 0.309 e. The van der Waals surface area contributed by atoms with Crippen LogP contribution in [-0.2, 0) is 5.41 Å². The minimum Gasteiger partial charge on any atom is -0.309 e. The monoisotopic (exact) mass is 650 g/mol. The van der Waals surface area contributed by atoms with Gasteiger partial charge in [-0.15, -0.1) is 0 Å². The van der Waals surface area contributed by atoms with Crippen molar-refractivity contribution < 1.29 is 0 Å². The van der Waals surface area contributed by atoms with Gasteiger partial charge in [0.25, 0.3) is 0 Å². The van der Waals surface area contributed by atoms with Crippen molar-refractivity contribution in [3.63, 3.8) is 0 Å². The molecule has 10 rings (SSSR count). The second-order valence-electron chi connectivity index (χ2n) is 13.3. The topological polar surface area (TPSA) is 9.86 Å². The van der Waals surface area contributed by atoms with Crippen LogP contribution in [0.15, 0.2) is 206 Å². The van der Waals surface area contributed by atoms with Crippen LogP contribution in [0.1, 0.15) is 22.3 Å². The molecule has 8 aromatic carbocycles. The first-order valence-corrected chi connectivity index (χ1v) is 17.6. The fraction of sp³-hybridized carbons (Fsp3) is 0.0204. The normalized spacial score (nSPS) is 11.9. The van der Waals surface area contributed by atoms with Crippen LogP contribution in [0.2, 0.25) is 0 Å². The number of benzene rings is 8. The highest BCUT2D eigenvalue weighted by Gasteiger charge is 2.38. The van der Waals surface area contributed by atoms with Gasteiger partial charge in [0, 0.05) is 32.9 Å². The van der Waals surface area contributed by atoms with Gasteiger partial charge in [0.15, 0.2) is 0 Å². The SMILES string of the molecule is c1ccc(C(c2ccccc2)(c2ccccc2)c2cccc(-n3c4ccccc4c4cc(-n5c6ccccc6c6ccccc65)ccc43)c2)cc1. The van der Waals surface area contributed by atoms with E-state index < -0.39 is 5.41 Å². The molecule has 0 aliphatic carbocycles. The van der Waals surface area contributed by atoms with Crippen LogP contribution in [0, 0.1) is 0 Å². The molecule has 0 radical (unpaired) electrons. The van der Waals surface area contributed by atoms with Crippen molar-refractivity contribution in [2.75, 3.05) is 0 Å². The number of para-hydroxylation sites is 3. The lowest BCUT2D eigenvalue weighted by Gasteiger charge is -2.37. The maximum atomic E-state index is 2.44. The van der Waals surface area contributed by atoms with Crippen LogP contribution in [0.3, 0.4) is 0 Å². The number of nitrogens with zero attached hydrogens (tertiary/aromatic N) is 2. The molecule has 0 N–H and O–H groups in total. The van der Waals surface area contributed by atoms with Gasteiger partial charge < -0.3 is 9.13 Å². The van der Waals surface area contributed by atoms with E-state index in [0.717, 1.165) is 11.4 Å². The van der Waals surface area contributed by atoms with E-state index in [2.05, 4.69) is 215 Å². The Balaban J connectivity index is 1.23. The summed E-state index contributed by atoms with van der Waals surface area (Å²) in [4.78, 5) is 0. The van der Waals surface area contributed by atoms with Gasteiger partial charge in [-0.2, -0.15) is 0 Å². The van der Waals surface area contributed by atoms with Gasteiger partial charge in [0.05, 0.1) is 27.5 Å². The minimum absolute atomic E-state index is 0.526. The number of hydrogen-bond donors (Lipinski definition) is 0. The highest BCUT2D eigenvalue weighted by molar-refractivity contribution is 6.12. The van der Waals surface area contributed by atoms with Gasteiger partial charge in [0.1, 0.15) is 0 Å². The molecule has 0 atom stereocenters. The first kappa shape index (κ1) is 29.3. The zero-order chi connectivity index (χ0) is 33.8. The van der Waals surface area contributed by atoms with E-state index in [0.29, 0.717) is 0 Å². The smallest absolute Gasteiger partial charge is 0.0702 e. The quantitative estimate of drug-likeness (QED) is 0.159. The Bertz CT molecular complexity index is 2690. The third-order valence-electron chi connectivity index (χ3n) is 10.7. The summed E-state index contributed by atoms with van der Waals surface area (Å²) in [7, 11) is 0. The summed E-state index contributed by atoms with van der Waals surface area (Å²) in [5, 5.41) is 5.01. The fourth-order valence-corrected chi connectivity index (χ4v) is 8.52. The number of hydrogen-bond acceptors (Lipinski definition) is 0. The van der Waals surface area contributed by atoms with E-state index in [-0.39, 0.29) is 0 Å². The van der Waals surface area contributed by atoms with Crippen LogP contribution >= 0.6 is 0 Å². The molecule has 10 aromatic rings. The van der Waals surface area contributed by atoms with Crippen LogP contribution < -0.4 is 0 Å². The van der Waals surface area contributed by atoms with Crippen molar-refractivity contribution in [3.8, 4) is 11.4 Å². The molecular formula is C49H34N2. The second-order valence-corrected chi connectivity index (χ2v) is 13.3. The number of rotatable bonds is 6. The molecule has 0 saturated carbocycles. The molecule has 0 amide bonds. The molecule has 0 aliphatic heterocycles. The van der Waals surface area contributed by atoms with Gasteiger partial charge in [0.2, 0.25) is 0 Å². The van der Waals surface area contributed by atoms with Gasteiger partial charge in [-0.1, -0.05) is 158 Å². The molecule has 0 spiro atoms. The Labute approximate surface area is 297 Å². The van der Waals surface area contributed by atoms with E-state index >= 15 is 0 Å². The molecule has 0 bridgehead atoms. The van der Waals surface area contributed by atoms with Crippen LogP contribution in [0.5, 0.6) is 0 Å². The van der Waals surface area contributed by atoms with Crippen molar-refractivity contribution in [1.82, 2.24) is 9.13 Å². The third kappa shape index (κ3) is 4.43. The molecule has 240 valence electrons. The average molecular weight is 651 g/mol. The predicted molar refractivity (Wildman–Crippen MR) is 213 cm³/mol. The maximum absolute atomic E-state index is 2.44. The predicted octanol–water partition coefficient (Wildman–Crippen LogP) is 12.3. The van der Waals surface area contributed by atoms with Crippen LogP contribution in [0.25, 0.3) is 55.0 Å². The Morgan fingerprint density at radius 3 is 1.12 bits per heavy atom. The lowest BCUT2D eigenvalue weighted by atomic mass is 9.65. The summed E-state index contributed by atoms with van der Waals surface area (Å²) >= 11 is 0. The first-order chi connectivity index (χ1) is 25.3. The second kappa shape index (κ2) is 11.8. The van der Waals surface area contributed by atoms with E-state index in [9.17, 15) is 0 Å². The van der Waals surface area contributed by atoms with Crippen molar-refractivity contribution in [2.45, 2.75) is 5.41 Å². The summed E-state index contributed by atoms with van der Waals surface area (Å²) in [6.45, 7) is 0. The third-order valence-corrected chi connectivity index (χ3v) is 10.7. The van der Waals surface area contributed by atoms with Crippen LogP contribution in [0.4, 0.5) is 0 Å². The average Bonchev–Trinajstić information content (AvgIpc) is 3.72. The first-order valence-electron chi connectivity index (χ1n) is 17.6. The molecule has 2 aromatic heterocycles. The summed E-state index contributed by atoms with van der Waals surface area (Å²) in [5.74, 6) is 0. The molecule has 51 heavy (non-hydrogen) atoms. The standard InChI is InChI=1S/C49H34N2/c1-4-17-35(18-5-1)49(36-19-6-2-7-20-36,37-21-8-3-9-22-37)38-23-16-24-39(33-38)50-47-30-15-12-27-43(47)44-34-40(31-32-48(44)50)51-45-28-13-10-25-41(45)42-26-11-14-29-46(42)51/h1-34H. The minimum atomic E-state index is -0.526. The van der Waals surface area contributed by atoms with Crippen molar-refractivity contribution >= 4 is 43.6 Å².